The largest absolute Gasteiger partial charge is 0.443 e. The average Bonchev–Trinajstić information content (AvgIpc) is 3.09. The minimum Gasteiger partial charge on any atom is -0.443 e. The molecule has 1 aromatic heterocycles. The molecule has 0 radical (unpaired) electrons. The van der Waals surface area contributed by atoms with Crippen molar-refractivity contribution in [2.45, 2.75) is 52.8 Å². The first-order chi connectivity index (χ1) is 12.8. The first kappa shape index (κ1) is 20.9. The Morgan fingerprint density at radius 1 is 1.30 bits per heavy atom. The highest BCUT2D eigenvalue weighted by Crippen LogP contribution is 2.22. The Bertz CT molecular complexity index is 766. The summed E-state index contributed by atoms with van der Waals surface area (Å²) in [5, 5.41) is 6.39. The van der Waals surface area contributed by atoms with Crippen LogP contribution >= 0.6 is 0 Å². The fourth-order valence-electron chi connectivity index (χ4n) is 2.40. The summed E-state index contributed by atoms with van der Waals surface area (Å²) in [5.41, 5.74) is 1.36. The first-order valence-electron chi connectivity index (χ1n) is 9.07. The van der Waals surface area contributed by atoms with Crippen LogP contribution in [0.1, 0.15) is 50.5 Å². The Balaban J connectivity index is 2.02. The van der Waals surface area contributed by atoms with E-state index >= 15 is 0 Å². The van der Waals surface area contributed by atoms with Crippen molar-refractivity contribution in [2.75, 3.05) is 13.7 Å². The van der Waals surface area contributed by atoms with Crippen molar-refractivity contribution in [1.82, 2.24) is 15.6 Å². The number of halogens is 1. The Hall–Kier alpha value is -2.41. The van der Waals surface area contributed by atoms with Gasteiger partial charge in [-0.15, -0.1) is 0 Å². The Kier molecular flexibility index (Phi) is 7.36. The minimum absolute atomic E-state index is 0.0771. The molecule has 0 fully saturated rings. The van der Waals surface area contributed by atoms with E-state index in [1.54, 1.807) is 25.4 Å². The van der Waals surface area contributed by atoms with Crippen LogP contribution in [0, 0.1) is 5.82 Å². The second-order valence-corrected chi connectivity index (χ2v) is 7.28. The molecule has 0 amide bonds. The van der Waals surface area contributed by atoms with Gasteiger partial charge in [0, 0.05) is 24.6 Å². The summed E-state index contributed by atoms with van der Waals surface area (Å²) in [6, 6.07) is 4.95. The fraction of sp³-hybridized carbons (Fsp3) is 0.500. The smallest absolute Gasteiger partial charge is 0.213 e. The molecule has 0 atom stereocenters. The van der Waals surface area contributed by atoms with E-state index in [4.69, 9.17) is 9.15 Å². The summed E-state index contributed by atoms with van der Waals surface area (Å²) in [6.45, 7) is 10.1. The molecule has 2 aromatic rings. The van der Waals surface area contributed by atoms with E-state index in [0.29, 0.717) is 30.5 Å². The molecule has 0 spiro atoms. The molecule has 1 heterocycles. The van der Waals surface area contributed by atoms with Crippen molar-refractivity contribution in [1.29, 1.82) is 0 Å². The number of methoxy groups -OCH3 is 1. The molecular weight excluding hydrogens is 347 g/mol. The van der Waals surface area contributed by atoms with Crippen LogP contribution in [0.2, 0.25) is 0 Å². The number of oxazole rings is 1. The number of aliphatic imine (C=N–C) groups is 1. The summed E-state index contributed by atoms with van der Waals surface area (Å²) >= 11 is 0. The van der Waals surface area contributed by atoms with Gasteiger partial charge in [-0.25, -0.2) is 14.4 Å². The number of rotatable bonds is 7. The van der Waals surface area contributed by atoms with Crippen molar-refractivity contribution >= 4 is 5.96 Å². The van der Waals surface area contributed by atoms with Crippen LogP contribution in [0.3, 0.4) is 0 Å². The normalized spacial score (nSPS) is 12.3. The predicted molar refractivity (Wildman–Crippen MR) is 104 cm³/mol. The van der Waals surface area contributed by atoms with E-state index in [-0.39, 0.29) is 17.8 Å². The molecular formula is C20H29FN4O2. The maximum Gasteiger partial charge on any atom is 0.213 e. The first-order valence-corrected chi connectivity index (χ1v) is 9.07. The molecule has 0 saturated heterocycles. The number of benzene rings is 1. The van der Waals surface area contributed by atoms with Crippen LogP contribution in [-0.4, -0.2) is 24.6 Å². The monoisotopic (exact) mass is 376 g/mol. The van der Waals surface area contributed by atoms with Crippen LogP contribution < -0.4 is 10.6 Å². The third-order valence-corrected chi connectivity index (χ3v) is 3.87. The molecule has 148 valence electrons. The topological polar surface area (TPSA) is 71.7 Å². The summed E-state index contributed by atoms with van der Waals surface area (Å²) in [5.74, 6) is 1.83. The third kappa shape index (κ3) is 6.36. The van der Waals surface area contributed by atoms with Crippen molar-refractivity contribution in [3.05, 3.63) is 53.0 Å². The van der Waals surface area contributed by atoms with E-state index in [1.807, 2.05) is 6.92 Å². The van der Waals surface area contributed by atoms with Crippen LogP contribution in [0.15, 0.2) is 33.8 Å². The number of nitrogens with zero attached hydrogens (tertiary/aromatic N) is 2. The SMILES string of the molecule is CCNC(=NCc1ccc(F)c(COC)c1)NCc1ncc(C(C)(C)C)o1. The van der Waals surface area contributed by atoms with Crippen molar-refractivity contribution in [3.63, 3.8) is 0 Å². The number of hydrogen-bond donors (Lipinski definition) is 2. The second-order valence-electron chi connectivity index (χ2n) is 7.28. The zero-order valence-corrected chi connectivity index (χ0v) is 16.7. The zero-order valence-electron chi connectivity index (χ0n) is 16.7. The van der Waals surface area contributed by atoms with Gasteiger partial charge in [-0.2, -0.15) is 0 Å². The average molecular weight is 376 g/mol. The predicted octanol–water partition coefficient (Wildman–Crippen LogP) is 3.51. The molecule has 2 N–H and O–H groups in total. The lowest BCUT2D eigenvalue weighted by atomic mass is 9.94. The molecule has 1 aromatic carbocycles. The molecule has 27 heavy (non-hydrogen) atoms. The van der Waals surface area contributed by atoms with Crippen molar-refractivity contribution in [2.24, 2.45) is 4.99 Å². The van der Waals surface area contributed by atoms with E-state index in [0.717, 1.165) is 17.9 Å². The standard InChI is InChI=1S/C20H29FN4O2/c1-6-22-19(25-12-18-23-11-17(27-18)20(2,3)4)24-10-14-7-8-16(21)15(9-14)13-26-5/h7-9,11H,6,10,12-13H2,1-5H3,(H2,22,24,25). The number of guanidine groups is 1. The molecule has 0 aliphatic heterocycles. The van der Waals surface area contributed by atoms with E-state index in [1.165, 1.54) is 6.07 Å². The van der Waals surface area contributed by atoms with Crippen LogP contribution in [0.4, 0.5) is 4.39 Å². The van der Waals surface area contributed by atoms with Gasteiger partial charge in [0.2, 0.25) is 5.89 Å². The highest BCUT2D eigenvalue weighted by molar-refractivity contribution is 5.79. The summed E-state index contributed by atoms with van der Waals surface area (Å²) < 4.78 is 24.5. The van der Waals surface area contributed by atoms with Gasteiger partial charge in [0.05, 0.1) is 25.9 Å². The zero-order chi connectivity index (χ0) is 19.9. The number of nitrogens with one attached hydrogen (secondary N) is 2. The Labute approximate surface area is 160 Å². The minimum atomic E-state index is -0.270. The summed E-state index contributed by atoms with van der Waals surface area (Å²) in [7, 11) is 1.55. The maximum absolute atomic E-state index is 13.7. The van der Waals surface area contributed by atoms with Gasteiger partial charge >= 0.3 is 0 Å². The molecule has 0 unspecified atom stereocenters. The van der Waals surface area contributed by atoms with Crippen molar-refractivity contribution < 1.29 is 13.5 Å². The van der Waals surface area contributed by atoms with Gasteiger partial charge < -0.3 is 19.8 Å². The lowest BCUT2D eigenvalue weighted by Crippen LogP contribution is -2.36. The van der Waals surface area contributed by atoms with Gasteiger partial charge in [-0.1, -0.05) is 26.8 Å². The molecule has 0 aliphatic carbocycles. The molecule has 0 bridgehead atoms. The number of hydrogen-bond acceptors (Lipinski definition) is 4. The van der Waals surface area contributed by atoms with Crippen molar-refractivity contribution in [3.8, 4) is 0 Å². The molecule has 0 saturated carbocycles. The highest BCUT2D eigenvalue weighted by atomic mass is 19.1. The van der Waals surface area contributed by atoms with E-state index < -0.39 is 0 Å². The van der Waals surface area contributed by atoms with Gasteiger partial charge in [-0.05, 0) is 24.6 Å². The van der Waals surface area contributed by atoms with Crippen LogP contribution in [0.25, 0.3) is 0 Å². The van der Waals surface area contributed by atoms with E-state index in [2.05, 4.69) is 41.4 Å². The maximum atomic E-state index is 13.7. The quantitative estimate of drug-likeness (QED) is 0.571. The highest BCUT2D eigenvalue weighted by Gasteiger charge is 2.19. The summed E-state index contributed by atoms with van der Waals surface area (Å²) in [4.78, 5) is 8.85. The lowest BCUT2D eigenvalue weighted by Gasteiger charge is -2.13. The second kappa shape index (κ2) is 9.50. The Morgan fingerprint density at radius 2 is 2.07 bits per heavy atom. The lowest BCUT2D eigenvalue weighted by molar-refractivity contribution is 0.181. The number of aromatic nitrogens is 1. The molecule has 7 heteroatoms. The molecule has 6 nitrogen and oxygen atoms in total. The van der Waals surface area contributed by atoms with Gasteiger partial charge in [0.15, 0.2) is 5.96 Å². The van der Waals surface area contributed by atoms with Gasteiger partial charge in [0.25, 0.3) is 0 Å². The Morgan fingerprint density at radius 3 is 2.70 bits per heavy atom. The van der Waals surface area contributed by atoms with E-state index in [9.17, 15) is 4.39 Å². The molecule has 2 rings (SSSR count). The molecule has 0 aliphatic rings. The third-order valence-electron chi connectivity index (χ3n) is 3.87. The number of ether oxygens (including phenoxy) is 1. The fourth-order valence-corrected chi connectivity index (χ4v) is 2.40. The van der Waals surface area contributed by atoms with Gasteiger partial charge in [-0.3, -0.25) is 0 Å². The summed E-state index contributed by atoms with van der Waals surface area (Å²) in [6.07, 6.45) is 1.76. The van der Waals surface area contributed by atoms with Crippen LogP contribution in [0.5, 0.6) is 0 Å². The van der Waals surface area contributed by atoms with Crippen LogP contribution in [-0.2, 0) is 29.8 Å². The van der Waals surface area contributed by atoms with Gasteiger partial charge in [0.1, 0.15) is 11.6 Å².